The van der Waals surface area contributed by atoms with E-state index in [-0.39, 0.29) is 5.56 Å². The fourth-order valence-corrected chi connectivity index (χ4v) is 1.66. The molecule has 0 fully saturated rings. The molecule has 92 valence electrons. The number of rotatable bonds is 3. The molecular formula is C14H13NO3. The highest BCUT2D eigenvalue weighted by molar-refractivity contribution is 5.96. The third-order valence-electron chi connectivity index (χ3n) is 2.54. The molecule has 0 saturated carbocycles. The van der Waals surface area contributed by atoms with Crippen molar-refractivity contribution in [2.45, 2.75) is 6.92 Å². The van der Waals surface area contributed by atoms with Crippen molar-refractivity contribution in [1.29, 1.82) is 0 Å². The fraction of sp³-hybridized carbons (Fsp3) is 0.143. The molecule has 0 radical (unpaired) electrons. The summed E-state index contributed by atoms with van der Waals surface area (Å²) in [6, 6.07) is 6.98. The van der Waals surface area contributed by atoms with Crippen LogP contribution in [-0.4, -0.2) is 12.5 Å². The van der Waals surface area contributed by atoms with E-state index in [0.717, 1.165) is 10.9 Å². The van der Waals surface area contributed by atoms with Crippen LogP contribution in [0.25, 0.3) is 11.0 Å². The van der Waals surface area contributed by atoms with E-state index >= 15 is 0 Å². The molecule has 0 spiro atoms. The van der Waals surface area contributed by atoms with Gasteiger partial charge in [0.2, 0.25) is 0 Å². The van der Waals surface area contributed by atoms with Gasteiger partial charge in [-0.1, -0.05) is 17.7 Å². The van der Waals surface area contributed by atoms with Gasteiger partial charge in [0, 0.05) is 11.9 Å². The first-order valence-corrected chi connectivity index (χ1v) is 5.55. The molecule has 0 saturated heterocycles. The average molecular weight is 243 g/mol. The highest BCUT2D eigenvalue weighted by Crippen LogP contribution is 2.15. The van der Waals surface area contributed by atoms with Crippen LogP contribution >= 0.6 is 0 Å². The van der Waals surface area contributed by atoms with Crippen LogP contribution in [0.5, 0.6) is 0 Å². The van der Waals surface area contributed by atoms with Gasteiger partial charge in [0.05, 0.1) is 0 Å². The molecule has 0 unspecified atom stereocenters. The highest BCUT2D eigenvalue weighted by atomic mass is 16.4. The number of fused-ring (bicyclic) bond motifs is 1. The lowest BCUT2D eigenvalue weighted by atomic mass is 10.1. The minimum absolute atomic E-state index is 0.00921. The first kappa shape index (κ1) is 12.1. The van der Waals surface area contributed by atoms with Gasteiger partial charge in [-0.2, -0.15) is 0 Å². The lowest BCUT2D eigenvalue weighted by Crippen LogP contribution is -2.28. The lowest BCUT2D eigenvalue weighted by molar-refractivity contribution is 0.0954. The minimum Gasteiger partial charge on any atom is -0.422 e. The van der Waals surface area contributed by atoms with E-state index in [0.29, 0.717) is 12.1 Å². The molecule has 1 aromatic carbocycles. The lowest BCUT2D eigenvalue weighted by Gasteiger charge is -2.03. The van der Waals surface area contributed by atoms with E-state index in [9.17, 15) is 9.59 Å². The number of benzene rings is 1. The third kappa shape index (κ3) is 2.32. The Bertz CT molecular complexity index is 670. The zero-order chi connectivity index (χ0) is 13.1. The average Bonchev–Trinajstić information content (AvgIpc) is 2.35. The fourth-order valence-electron chi connectivity index (χ4n) is 1.66. The van der Waals surface area contributed by atoms with Gasteiger partial charge in [0.1, 0.15) is 11.1 Å². The summed E-state index contributed by atoms with van der Waals surface area (Å²) in [7, 11) is 0. The molecule has 2 rings (SSSR count). The standard InChI is InChI=1S/C14H13NO3/c1-3-6-15-13(16)11-8-10-7-9(2)4-5-12(10)18-14(11)17/h3-5,7-8H,1,6H2,2H3,(H,15,16). The normalized spacial score (nSPS) is 10.3. The summed E-state index contributed by atoms with van der Waals surface area (Å²) in [5.74, 6) is -0.452. The zero-order valence-electron chi connectivity index (χ0n) is 10.0. The molecule has 1 amide bonds. The number of carbonyl (C=O) groups excluding carboxylic acids is 1. The summed E-state index contributed by atoms with van der Waals surface area (Å²) in [5, 5.41) is 3.29. The third-order valence-corrected chi connectivity index (χ3v) is 2.54. The number of amides is 1. The monoisotopic (exact) mass is 243 g/mol. The molecule has 0 aliphatic carbocycles. The summed E-state index contributed by atoms with van der Waals surface area (Å²) in [6.45, 7) is 5.74. The van der Waals surface area contributed by atoms with Gasteiger partial charge in [-0.15, -0.1) is 6.58 Å². The highest BCUT2D eigenvalue weighted by Gasteiger charge is 2.12. The Morgan fingerprint density at radius 1 is 1.44 bits per heavy atom. The van der Waals surface area contributed by atoms with Gasteiger partial charge in [0.25, 0.3) is 5.91 Å². The Kier molecular flexibility index (Phi) is 3.28. The SMILES string of the molecule is C=CCNC(=O)c1cc2cc(C)ccc2oc1=O. The van der Waals surface area contributed by atoms with Crippen molar-refractivity contribution in [3.63, 3.8) is 0 Å². The van der Waals surface area contributed by atoms with Gasteiger partial charge in [0.15, 0.2) is 0 Å². The molecule has 4 heteroatoms. The Morgan fingerprint density at radius 3 is 2.94 bits per heavy atom. The predicted octanol–water partition coefficient (Wildman–Crippen LogP) is 2.02. The van der Waals surface area contributed by atoms with Gasteiger partial charge in [-0.3, -0.25) is 4.79 Å². The second-order valence-corrected chi connectivity index (χ2v) is 3.99. The summed E-state index contributed by atoms with van der Waals surface area (Å²) in [5.41, 5.74) is 0.891. The van der Waals surface area contributed by atoms with Crippen LogP contribution in [0.3, 0.4) is 0 Å². The Hall–Kier alpha value is -2.36. The van der Waals surface area contributed by atoms with Crippen LogP contribution in [0.15, 0.2) is 46.1 Å². The number of aryl methyl sites for hydroxylation is 1. The van der Waals surface area contributed by atoms with E-state index in [1.807, 2.05) is 19.1 Å². The molecule has 0 bridgehead atoms. The number of hydrogen-bond acceptors (Lipinski definition) is 3. The van der Waals surface area contributed by atoms with Crippen molar-refractivity contribution < 1.29 is 9.21 Å². The Labute approximate surface area is 104 Å². The summed E-state index contributed by atoms with van der Waals surface area (Å²) >= 11 is 0. The molecule has 1 heterocycles. The number of nitrogens with one attached hydrogen (secondary N) is 1. The van der Waals surface area contributed by atoms with Crippen LogP contribution in [0.2, 0.25) is 0 Å². The maximum Gasteiger partial charge on any atom is 0.349 e. The quantitative estimate of drug-likeness (QED) is 0.662. The molecule has 1 aromatic heterocycles. The van der Waals surface area contributed by atoms with Crippen molar-refractivity contribution in [3.8, 4) is 0 Å². The van der Waals surface area contributed by atoms with Crippen molar-refractivity contribution in [3.05, 3.63) is 58.5 Å². The van der Waals surface area contributed by atoms with E-state index in [1.165, 1.54) is 0 Å². The zero-order valence-corrected chi connectivity index (χ0v) is 10.0. The molecule has 2 aromatic rings. The van der Waals surface area contributed by atoms with Crippen molar-refractivity contribution in [2.75, 3.05) is 6.54 Å². The molecule has 4 nitrogen and oxygen atoms in total. The van der Waals surface area contributed by atoms with E-state index in [4.69, 9.17) is 4.42 Å². The van der Waals surface area contributed by atoms with Gasteiger partial charge in [-0.05, 0) is 25.1 Å². The van der Waals surface area contributed by atoms with E-state index in [1.54, 1.807) is 18.2 Å². The van der Waals surface area contributed by atoms with Crippen LogP contribution in [0.4, 0.5) is 0 Å². The number of hydrogen-bond donors (Lipinski definition) is 1. The smallest absolute Gasteiger partial charge is 0.349 e. The van der Waals surface area contributed by atoms with Crippen LogP contribution in [-0.2, 0) is 0 Å². The van der Waals surface area contributed by atoms with Gasteiger partial charge < -0.3 is 9.73 Å². The van der Waals surface area contributed by atoms with Gasteiger partial charge in [-0.25, -0.2) is 4.79 Å². The van der Waals surface area contributed by atoms with Crippen molar-refractivity contribution >= 4 is 16.9 Å². The van der Waals surface area contributed by atoms with E-state index in [2.05, 4.69) is 11.9 Å². The second kappa shape index (κ2) is 4.87. The maximum atomic E-state index is 11.7. The predicted molar refractivity (Wildman–Crippen MR) is 69.8 cm³/mol. The molecular weight excluding hydrogens is 230 g/mol. The topological polar surface area (TPSA) is 59.3 Å². The van der Waals surface area contributed by atoms with Crippen LogP contribution in [0.1, 0.15) is 15.9 Å². The molecule has 18 heavy (non-hydrogen) atoms. The molecule has 0 aliphatic rings. The molecule has 1 N–H and O–H groups in total. The van der Waals surface area contributed by atoms with E-state index < -0.39 is 11.5 Å². The number of carbonyl (C=O) groups is 1. The summed E-state index contributed by atoms with van der Waals surface area (Å²) < 4.78 is 5.11. The van der Waals surface area contributed by atoms with Crippen molar-refractivity contribution in [1.82, 2.24) is 5.32 Å². The summed E-state index contributed by atoms with van der Waals surface area (Å²) in [6.07, 6.45) is 1.55. The van der Waals surface area contributed by atoms with Crippen LogP contribution in [0, 0.1) is 6.92 Å². The largest absolute Gasteiger partial charge is 0.422 e. The van der Waals surface area contributed by atoms with Gasteiger partial charge >= 0.3 is 5.63 Å². The first-order chi connectivity index (χ1) is 8.61. The van der Waals surface area contributed by atoms with Crippen LogP contribution < -0.4 is 10.9 Å². The molecule has 0 atom stereocenters. The maximum absolute atomic E-state index is 11.7. The minimum atomic E-state index is -0.632. The molecule has 0 aliphatic heterocycles. The first-order valence-electron chi connectivity index (χ1n) is 5.55. The van der Waals surface area contributed by atoms with Crippen molar-refractivity contribution in [2.24, 2.45) is 0 Å². The Balaban J connectivity index is 2.51. The second-order valence-electron chi connectivity index (χ2n) is 3.99. The summed E-state index contributed by atoms with van der Waals surface area (Å²) in [4.78, 5) is 23.4. The Morgan fingerprint density at radius 2 is 2.22 bits per heavy atom.